The molecular weight excluding hydrogens is 250 g/mol. The third-order valence-electron chi connectivity index (χ3n) is 4.22. The summed E-state index contributed by atoms with van der Waals surface area (Å²) in [5.41, 5.74) is 3.53. The molecule has 3 nitrogen and oxygen atoms in total. The molecule has 0 amide bonds. The summed E-state index contributed by atoms with van der Waals surface area (Å²) in [4.78, 5) is 2.22. The van der Waals surface area contributed by atoms with Gasteiger partial charge in [-0.1, -0.05) is 18.2 Å². The van der Waals surface area contributed by atoms with Gasteiger partial charge < -0.3 is 14.7 Å². The van der Waals surface area contributed by atoms with Crippen LogP contribution in [0.1, 0.15) is 35.6 Å². The first-order valence-electron chi connectivity index (χ1n) is 7.57. The minimum atomic E-state index is -0.413. The van der Waals surface area contributed by atoms with Crippen molar-refractivity contribution in [1.29, 1.82) is 0 Å². The van der Waals surface area contributed by atoms with Crippen molar-refractivity contribution in [2.24, 2.45) is 5.92 Å². The number of nitrogens with zero attached hydrogens (tertiary/aromatic N) is 1. The zero-order chi connectivity index (χ0) is 14.5. The summed E-state index contributed by atoms with van der Waals surface area (Å²) in [6, 6.07) is 6.21. The highest BCUT2D eigenvalue weighted by Gasteiger charge is 2.18. The van der Waals surface area contributed by atoms with Crippen molar-refractivity contribution in [2.45, 2.75) is 32.8 Å². The van der Waals surface area contributed by atoms with Crippen molar-refractivity contribution in [3.05, 3.63) is 34.9 Å². The van der Waals surface area contributed by atoms with Crippen LogP contribution in [0.25, 0.3) is 0 Å². The number of aliphatic hydroxyl groups is 1. The van der Waals surface area contributed by atoms with E-state index >= 15 is 0 Å². The van der Waals surface area contributed by atoms with E-state index in [-0.39, 0.29) is 0 Å². The predicted octanol–water partition coefficient (Wildman–Crippen LogP) is 2.70. The Bertz CT molecular complexity index is 427. The van der Waals surface area contributed by atoms with Crippen LogP contribution in [-0.4, -0.2) is 43.4 Å². The molecule has 2 atom stereocenters. The Balaban J connectivity index is 1.86. The molecule has 0 aliphatic carbocycles. The molecule has 0 radical (unpaired) electrons. The van der Waals surface area contributed by atoms with Gasteiger partial charge >= 0.3 is 0 Å². The SMILES string of the molecule is Cc1ccc(C(O)CN(C)CC2CCCOC2)cc1C. The van der Waals surface area contributed by atoms with E-state index < -0.39 is 6.10 Å². The van der Waals surface area contributed by atoms with E-state index in [2.05, 4.69) is 37.9 Å². The van der Waals surface area contributed by atoms with Crippen molar-refractivity contribution < 1.29 is 9.84 Å². The molecule has 2 unspecified atom stereocenters. The molecule has 0 bridgehead atoms. The maximum atomic E-state index is 10.4. The highest BCUT2D eigenvalue weighted by Crippen LogP contribution is 2.19. The second kappa shape index (κ2) is 7.21. The summed E-state index contributed by atoms with van der Waals surface area (Å²) >= 11 is 0. The average Bonchev–Trinajstić information content (AvgIpc) is 2.42. The summed E-state index contributed by atoms with van der Waals surface area (Å²) in [5, 5.41) is 10.4. The van der Waals surface area contributed by atoms with Gasteiger partial charge in [-0.05, 0) is 56.3 Å². The lowest BCUT2D eigenvalue weighted by Gasteiger charge is -2.28. The normalized spacial score (nSPS) is 21.1. The predicted molar refractivity (Wildman–Crippen MR) is 81.9 cm³/mol. The zero-order valence-electron chi connectivity index (χ0n) is 12.9. The molecule has 1 aromatic rings. The number of benzene rings is 1. The number of likely N-dealkylation sites (N-methyl/N-ethyl adjacent to an activating group) is 1. The van der Waals surface area contributed by atoms with Crippen LogP contribution in [-0.2, 0) is 4.74 Å². The maximum Gasteiger partial charge on any atom is 0.0916 e. The largest absolute Gasteiger partial charge is 0.387 e. The van der Waals surface area contributed by atoms with Crippen LogP contribution >= 0.6 is 0 Å². The van der Waals surface area contributed by atoms with Crippen molar-refractivity contribution in [1.82, 2.24) is 4.90 Å². The van der Waals surface area contributed by atoms with Crippen molar-refractivity contribution >= 4 is 0 Å². The summed E-state index contributed by atoms with van der Waals surface area (Å²) in [5.74, 6) is 0.612. The van der Waals surface area contributed by atoms with E-state index in [0.717, 1.165) is 31.7 Å². The summed E-state index contributed by atoms with van der Waals surface area (Å²) in [7, 11) is 2.08. The summed E-state index contributed by atoms with van der Waals surface area (Å²) < 4.78 is 5.51. The van der Waals surface area contributed by atoms with E-state index in [4.69, 9.17) is 4.74 Å². The molecule has 2 rings (SSSR count). The number of rotatable bonds is 5. The van der Waals surface area contributed by atoms with E-state index in [1.807, 2.05) is 6.07 Å². The number of ether oxygens (including phenoxy) is 1. The molecule has 1 N–H and O–H groups in total. The van der Waals surface area contributed by atoms with Gasteiger partial charge in [-0.3, -0.25) is 0 Å². The van der Waals surface area contributed by atoms with Crippen molar-refractivity contribution in [3.8, 4) is 0 Å². The zero-order valence-corrected chi connectivity index (χ0v) is 12.9. The lowest BCUT2D eigenvalue weighted by atomic mass is 10.0. The number of hydrogen-bond donors (Lipinski definition) is 1. The highest BCUT2D eigenvalue weighted by atomic mass is 16.5. The molecular formula is C17H27NO2. The molecule has 0 saturated carbocycles. The van der Waals surface area contributed by atoms with Crippen molar-refractivity contribution in [3.63, 3.8) is 0 Å². The Morgan fingerprint density at radius 3 is 2.80 bits per heavy atom. The molecule has 1 aliphatic heterocycles. The molecule has 1 heterocycles. The van der Waals surface area contributed by atoms with Crippen LogP contribution < -0.4 is 0 Å². The monoisotopic (exact) mass is 277 g/mol. The minimum Gasteiger partial charge on any atom is -0.387 e. The minimum absolute atomic E-state index is 0.413. The second-order valence-electron chi connectivity index (χ2n) is 6.16. The van der Waals surface area contributed by atoms with Gasteiger partial charge in [0.1, 0.15) is 0 Å². The van der Waals surface area contributed by atoms with Gasteiger partial charge in [0.25, 0.3) is 0 Å². The van der Waals surface area contributed by atoms with Gasteiger partial charge in [-0.2, -0.15) is 0 Å². The van der Waals surface area contributed by atoms with Gasteiger partial charge in [0, 0.05) is 19.7 Å². The van der Waals surface area contributed by atoms with Gasteiger partial charge in [-0.25, -0.2) is 0 Å². The van der Waals surface area contributed by atoms with E-state index in [1.165, 1.54) is 17.5 Å². The first-order valence-corrected chi connectivity index (χ1v) is 7.57. The molecule has 1 aliphatic rings. The van der Waals surface area contributed by atoms with Crippen LogP contribution in [0.3, 0.4) is 0 Å². The Hall–Kier alpha value is -0.900. The van der Waals surface area contributed by atoms with Gasteiger partial charge in [-0.15, -0.1) is 0 Å². The standard InChI is InChI=1S/C17H27NO2/c1-13-6-7-16(9-14(13)2)17(19)11-18(3)10-15-5-4-8-20-12-15/h6-7,9,15,17,19H,4-5,8,10-12H2,1-3H3. The molecule has 20 heavy (non-hydrogen) atoms. The molecule has 1 saturated heterocycles. The van der Waals surface area contributed by atoms with Crippen LogP contribution in [0, 0.1) is 19.8 Å². The fourth-order valence-corrected chi connectivity index (χ4v) is 2.84. The fourth-order valence-electron chi connectivity index (χ4n) is 2.84. The average molecular weight is 277 g/mol. The third-order valence-corrected chi connectivity index (χ3v) is 4.22. The van der Waals surface area contributed by atoms with Gasteiger partial charge in [0.05, 0.1) is 12.7 Å². The molecule has 0 spiro atoms. The Morgan fingerprint density at radius 2 is 2.15 bits per heavy atom. The van der Waals surface area contributed by atoms with E-state index in [1.54, 1.807) is 0 Å². The topological polar surface area (TPSA) is 32.7 Å². The number of aliphatic hydroxyl groups excluding tert-OH is 1. The second-order valence-corrected chi connectivity index (χ2v) is 6.16. The van der Waals surface area contributed by atoms with Gasteiger partial charge in [0.2, 0.25) is 0 Å². The van der Waals surface area contributed by atoms with Crippen LogP contribution in [0.5, 0.6) is 0 Å². The lowest BCUT2D eigenvalue weighted by Crippen LogP contribution is -2.33. The molecule has 0 aromatic heterocycles. The van der Waals surface area contributed by atoms with Crippen LogP contribution in [0.2, 0.25) is 0 Å². The molecule has 112 valence electrons. The van der Waals surface area contributed by atoms with Crippen molar-refractivity contribution in [2.75, 3.05) is 33.4 Å². The smallest absolute Gasteiger partial charge is 0.0916 e. The molecule has 1 aromatic carbocycles. The number of hydrogen-bond acceptors (Lipinski definition) is 3. The van der Waals surface area contributed by atoms with E-state index in [9.17, 15) is 5.11 Å². The van der Waals surface area contributed by atoms with Gasteiger partial charge in [0.15, 0.2) is 0 Å². The van der Waals surface area contributed by atoms with E-state index in [0.29, 0.717) is 12.5 Å². The molecule has 3 heteroatoms. The fraction of sp³-hybridized carbons (Fsp3) is 0.647. The Labute approximate surface area is 122 Å². The maximum absolute atomic E-state index is 10.4. The summed E-state index contributed by atoms with van der Waals surface area (Å²) in [6.07, 6.45) is 1.99. The lowest BCUT2D eigenvalue weighted by molar-refractivity contribution is 0.0342. The highest BCUT2D eigenvalue weighted by molar-refractivity contribution is 5.31. The van der Waals surface area contributed by atoms with Crippen LogP contribution in [0.4, 0.5) is 0 Å². The first kappa shape index (κ1) is 15.5. The summed E-state index contributed by atoms with van der Waals surface area (Å²) in [6.45, 7) is 7.64. The first-order chi connectivity index (χ1) is 9.56. The number of aryl methyl sites for hydroxylation is 2. The van der Waals surface area contributed by atoms with Crippen LogP contribution in [0.15, 0.2) is 18.2 Å². The molecule has 1 fully saturated rings. The Morgan fingerprint density at radius 1 is 1.35 bits per heavy atom. The third kappa shape index (κ3) is 4.30. The Kier molecular flexibility index (Phi) is 5.58. The quantitative estimate of drug-likeness (QED) is 0.898.